The lowest BCUT2D eigenvalue weighted by Crippen LogP contribution is -2.32. The van der Waals surface area contributed by atoms with Crippen LogP contribution in [0, 0.1) is 5.82 Å². The van der Waals surface area contributed by atoms with Gasteiger partial charge in [0, 0.05) is 15.9 Å². The van der Waals surface area contributed by atoms with Crippen LogP contribution in [0.25, 0.3) is 0 Å². The zero-order valence-corrected chi connectivity index (χ0v) is 14.6. The number of hydrogen-bond acceptors (Lipinski definition) is 2. The maximum Gasteiger partial charge on any atom is 0.233 e. The van der Waals surface area contributed by atoms with Crippen LogP contribution in [0.4, 0.5) is 4.39 Å². The van der Waals surface area contributed by atoms with Crippen LogP contribution in [0.5, 0.6) is 0 Å². The molecule has 0 bridgehead atoms. The minimum absolute atomic E-state index is 0.00929. The highest BCUT2D eigenvalue weighted by molar-refractivity contribution is 9.10. The molecule has 0 spiro atoms. The van der Waals surface area contributed by atoms with Crippen molar-refractivity contribution in [3.8, 4) is 0 Å². The van der Waals surface area contributed by atoms with E-state index in [1.807, 2.05) is 31.2 Å². The van der Waals surface area contributed by atoms with Gasteiger partial charge in [0.2, 0.25) is 5.91 Å². The summed E-state index contributed by atoms with van der Waals surface area (Å²) in [6.07, 6.45) is 0.696. The molecular formula is C17H17BrFNOS. The van der Waals surface area contributed by atoms with Crippen LogP contribution in [0.15, 0.2) is 57.9 Å². The first-order valence-corrected chi connectivity index (χ1v) is 8.66. The van der Waals surface area contributed by atoms with Crippen LogP contribution in [-0.2, 0) is 11.2 Å². The monoisotopic (exact) mass is 381 g/mol. The number of carbonyl (C=O) groups excluding carboxylic acids is 1. The van der Waals surface area contributed by atoms with Gasteiger partial charge in [-0.2, -0.15) is 0 Å². The van der Waals surface area contributed by atoms with Crippen molar-refractivity contribution in [3.05, 3.63) is 64.4 Å². The molecule has 0 unspecified atom stereocenters. The summed E-state index contributed by atoms with van der Waals surface area (Å²) in [5.41, 5.74) is 1.01. The molecule has 0 heterocycles. The highest BCUT2D eigenvalue weighted by atomic mass is 79.9. The maximum atomic E-state index is 12.8. The Morgan fingerprint density at radius 1 is 1.18 bits per heavy atom. The maximum absolute atomic E-state index is 12.8. The smallest absolute Gasteiger partial charge is 0.233 e. The molecule has 0 saturated heterocycles. The summed E-state index contributed by atoms with van der Waals surface area (Å²) in [7, 11) is 0. The van der Waals surface area contributed by atoms with Gasteiger partial charge in [-0.25, -0.2) is 4.39 Å². The number of thioether (sulfide) groups is 1. The Morgan fingerprint density at radius 2 is 1.82 bits per heavy atom. The average Bonchev–Trinajstić information content (AvgIpc) is 2.51. The first-order chi connectivity index (χ1) is 10.5. The van der Waals surface area contributed by atoms with Crippen LogP contribution >= 0.6 is 27.7 Å². The van der Waals surface area contributed by atoms with Gasteiger partial charge < -0.3 is 5.32 Å². The zero-order valence-electron chi connectivity index (χ0n) is 12.2. The molecule has 0 saturated carbocycles. The first-order valence-electron chi connectivity index (χ1n) is 6.99. The summed E-state index contributed by atoms with van der Waals surface area (Å²) in [5.74, 6) is -0.234. The van der Waals surface area contributed by atoms with Crippen molar-refractivity contribution in [2.24, 2.45) is 0 Å². The zero-order chi connectivity index (χ0) is 15.9. The van der Waals surface area contributed by atoms with E-state index in [2.05, 4.69) is 21.2 Å². The van der Waals surface area contributed by atoms with Crippen molar-refractivity contribution in [2.45, 2.75) is 23.5 Å². The number of nitrogens with one attached hydrogen (secondary N) is 1. The second-order valence-corrected chi connectivity index (χ2v) is 7.21. The predicted octanol–water partition coefficient (Wildman–Crippen LogP) is 4.43. The normalized spacial score (nSPS) is 12.0. The molecule has 5 heteroatoms. The number of carbonyl (C=O) groups is 1. The van der Waals surface area contributed by atoms with Gasteiger partial charge in [0.1, 0.15) is 5.82 Å². The number of hydrogen-bond donors (Lipinski definition) is 1. The Morgan fingerprint density at radius 3 is 2.45 bits per heavy atom. The minimum Gasteiger partial charge on any atom is -0.355 e. The fourth-order valence-electron chi connectivity index (χ4n) is 1.90. The van der Waals surface area contributed by atoms with Crippen molar-refractivity contribution in [3.63, 3.8) is 0 Å². The number of rotatable bonds is 6. The lowest BCUT2D eigenvalue weighted by molar-refractivity contribution is -0.120. The van der Waals surface area contributed by atoms with Crippen LogP contribution in [0.2, 0.25) is 0 Å². The summed E-state index contributed by atoms with van der Waals surface area (Å²) < 4.78 is 13.8. The van der Waals surface area contributed by atoms with E-state index in [4.69, 9.17) is 0 Å². The van der Waals surface area contributed by atoms with E-state index in [9.17, 15) is 9.18 Å². The highest BCUT2D eigenvalue weighted by Crippen LogP contribution is 2.24. The molecule has 2 aromatic rings. The molecule has 2 rings (SSSR count). The summed E-state index contributed by atoms with van der Waals surface area (Å²) >= 11 is 4.92. The van der Waals surface area contributed by atoms with Crippen LogP contribution in [0.3, 0.4) is 0 Å². The third-order valence-electron chi connectivity index (χ3n) is 3.12. The quantitative estimate of drug-likeness (QED) is 0.749. The van der Waals surface area contributed by atoms with Crippen LogP contribution < -0.4 is 5.32 Å². The molecule has 0 aliphatic carbocycles. The average molecular weight is 382 g/mol. The lowest BCUT2D eigenvalue weighted by Gasteiger charge is -2.12. The Kier molecular flexibility index (Phi) is 6.46. The Labute approximate surface area is 142 Å². The lowest BCUT2D eigenvalue weighted by atomic mass is 10.1. The molecule has 1 amide bonds. The molecule has 0 radical (unpaired) electrons. The Bertz CT molecular complexity index is 616. The topological polar surface area (TPSA) is 29.1 Å². The minimum atomic E-state index is -0.243. The molecular weight excluding hydrogens is 365 g/mol. The summed E-state index contributed by atoms with van der Waals surface area (Å²) in [4.78, 5) is 13.1. The molecule has 22 heavy (non-hydrogen) atoms. The van der Waals surface area contributed by atoms with E-state index in [1.54, 1.807) is 12.1 Å². The molecule has 116 valence electrons. The van der Waals surface area contributed by atoms with Gasteiger partial charge in [-0.3, -0.25) is 4.79 Å². The molecule has 0 fully saturated rings. The molecule has 1 atom stereocenters. The largest absolute Gasteiger partial charge is 0.355 e. The van der Waals surface area contributed by atoms with Crippen molar-refractivity contribution < 1.29 is 9.18 Å². The second-order valence-electron chi connectivity index (χ2n) is 4.88. The van der Waals surface area contributed by atoms with Gasteiger partial charge in [0.25, 0.3) is 0 Å². The van der Waals surface area contributed by atoms with E-state index >= 15 is 0 Å². The van der Waals surface area contributed by atoms with Crippen molar-refractivity contribution in [1.82, 2.24) is 5.32 Å². The van der Waals surface area contributed by atoms with E-state index in [-0.39, 0.29) is 17.0 Å². The van der Waals surface area contributed by atoms with E-state index in [1.165, 1.54) is 23.9 Å². The molecule has 0 aromatic heterocycles. The van der Waals surface area contributed by atoms with Crippen LogP contribution in [-0.4, -0.2) is 17.7 Å². The molecule has 0 aliphatic heterocycles. The molecule has 2 aromatic carbocycles. The van der Waals surface area contributed by atoms with Crippen molar-refractivity contribution in [1.29, 1.82) is 0 Å². The highest BCUT2D eigenvalue weighted by Gasteiger charge is 2.13. The van der Waals surface area contributed by atoms with Gasteiger partial charge >= 0.3 is 0 Å². The summed E-state index contributed by atoms with van der Waals surface area (Å²) in [5, 5.41) is 2.76. The van der Waals surface area contributed by atoms with Gasteiger partial charge in [-0.1, -0.05) is 28.1 Å². The standard InChI is InChI=1S/C17H17BrFNOS/c1-12(22-16-8-4-14(18)5-9-16)17(21)20-11-10-13-2-6-15(19)7-3-13/h2-9,12H,10-11H2,1H3,(H,20,21)/t12-/m1/s1. The number of amides is 1. The van der Waals surface area contributed by atoms with Crippen molar-refractivity contribution in [2.75, 3.05) is 6.54 Å². The third-order valence-corrected chi connectivity index (χ3v) is 4.76. The Hall–Kier alpha value is -1.33. The van der Waals surface area contributed by atoms with E-state index in [0.29, 0.717) is 13.0 Å². The SMILES string of the molecule is C[C@@H](Sc1ccc(Br)cc1)C(=O)NCCc1ccc(F)cc1. The first kappa shape index (κ1) is 17.0. The van der Waals surface area contributed by atoms with Gasteiger partial charge in [-0.05, 0) is 55.3 Å². The fraction of sp³-hybridized carbons (Fsp3) is 0.235. The second kappa shape index (κ2) is 8.34. The van der Waals surface area contributed by atoms with Gasteiger partial charge in [0.15, 0.2) is 0 Å². The van der Waals surface area contributed by atoms with Crippen LogP contribution in [0.1, 0.15) is 12.5 Å². The fourth-order valence-corrected chi connectivity index (χ4v) is 3.05. The van der Waals surface area contributed by atoms with Gasteiger partial charge in [0.05, 0.1) is 5.25 Å². The van der Waals surface area contributed by atoms with Crippen molar-refractivity contribution >= 4 is 33.6 Å². The third kappa shape index (κ3) is 5.46. The van der Waals surface area contributed by atoms with E-state index in [0.717, 1.165) is 14.9 Å². The summed E-state index contributed by atoms with van der Waals surface area (Å²) in [6, 6.07) is 14.2. The predicted molar refractivity (Wildman–Crippen MR) is 92.6 cm³/mol. The number of benzene rings is 2. The molecule has 2 nitrogen and oxygen atoms in total. The molecule has 1 N–H and O–H groups in total. The number of halogens is 2. The van der Waals surface area contributed by atoms with E-state index < -0.39 is 0 Å². The summed E-state index contributed by atoms with van der Waals surface area (Å²) in [6.45, 7) is 2.44. The Balaban J connectivity index is 1.76. The van der Waals surface area contributed by atoms with Gasteiger partial charge in [-0.15, -0.1) is 11.8 Å². The molecule has 0 aliphatic rings.